The van der Waals surface area contributed by atoms with Crippen molar-refractivity contribution in [2.24, 2.45) is 0 Å². The second-order valence-electron chi connectivity index (χ2n) is 8.77. The minimum Gasteiger partial charge on any atom is -0.458 e. The van der Waals surface area contributed by atoms with E-state index < -0.39 is 35.8 Å². The zero-order valence-electron chi connectivity index (χ0n) is 18.9. The van der Waals surface area contributed by atoms with Crippen molar-refractivity contribution in [3.05, 3.63) is 71.3 Å². The third-order valence-corrected chi connectivity index (χ3v) is 5.00. The predicted molar refractivity (Wildman–Crippen MR) is 118 cm³/mol. The lowest BCUT2D eigenvalue weighted by Crippen LogP contribution is -2.51. The van der Waals surface area contributed by atoms with Crippen LogP contribution >= 0.6 is 0 Å². The molecule has 170 valence electrons. The number of esters is 2. The fourth-order valence-corrected chi connectivity index (χ4v) is 3.39. The van der Waals surface area contributed by atoms with Crippen LogP contribution < -0.4 is 0 Å². The standard InChI is InChI=1S/C25H29NO6/c1-17(22(27)30-16-18-10-6-5-7-11-18)31-23(28)21-14-19-12-8-9-13-20(19)15-26(21)24(29)32-25(2,3)4/h5-13,17,21H,14-16H2,1-4H3/t17-,21+/m1/s1. The van der Waals surface area contributed by atoms with E-state index in [0.717, 1.165) is 16.7 Å². The molecule has 1 amide bonds. The minimum atomic E-state index is -1.11. The van der Waals surface area contributed by atoms with Crippen molar-refractivity contribution < 1.29 is 28.6 Å². The molecular formula is C25H29NO6. The van der Waals surface area contributed by atoms with Gasteiger partial charge in [-0.05, 0) is 44.4 Å². The monoisotopic (exact) mass is 439 g/mol. The molecule has 3 rings (SSSR count). The van der Waals surface area contributed by atoms with Crippen LogP contribution in [0.5, 0.6) is 0 Å². The second kappa shape index (κ2) is 9.85. The van der Waals surface area contributed by atoms with E-state index >= 15 is 0 Å². The smallest absolute Gasteiger partial charge is 0.411 e. The van der Waals surface area contributed by atoms with Crippen LogP contribution in [0.25, 0.3) is 0 Å². The molecule has 2 atom stereocenters. The maximum Gasteiger partial charge on any atom is 0.411 e. The van der Waals surface area contributed by atoms with Gasteiger partial charge < -0.3 is 14.2 Å². The van der Waals surface area contributed by atoms with Gasteiger partial charge in [0.2, 0.25) is 0 Å². The highest BCUT2D eigenvalue weighted by Crippen LogP contribution is 2.26. The lowest BCUT2D eigenvalue weighted by atomic mass is 9.94. The fraction of sp³-hybridized carbons (Fsp3) is 0.400. The zero-order valence-corrected chi connectivity index (χ0v) is 18.9. The lowest BCUT2D eigenvalue weighted by molar-refractivity contribution is -0.170. The summed E-state index contributed by atoms with van der Waals surface area (Å²) >= 11 is 0. The SMILES string of the molecule is C[C@@H](OC(=O)[C@@H]1Cc2ccccc2CN1C(=O)OC(C)(C)C)C(=O)OCc1ccccc1. The number of fused-ring (bicyclic) bond motifs is 1. The second-order valence-corrected chi connectivity index (χ2v) is 8.77. The Morgan fingerprint density at radius 3 is 2.28 bits per heavy atom. The number of hydrogen-bond acceptors (Lipinski definition) is 6. The van der Waals surface area contributed by atoms with E-state index in [4.69, 9.17) is 14.2 Å². The molecule has 0 saturated heterocycles. The Bertz CT molecular complexity index is 966. The summed E-state index contributed by atoms with van der Waals surface area (Å²) in [5, 5.41) is 0. The van der Waals surface area contributed by atoms with Crippen LogP contribution in [0.1, 0.15) is 44.4 Å². The predicted octanol–water partition coefficient (Wildman–Crippen LogP) is 4.02. The molecule has 7 heteroatoms. The summed E-state index contributed by atoms with van der Waals surface area (Å²) in [6.07, 6.45) is -1.43. The highest BCUT2D eigenvalue weighted by atomic mass is 16.6. The van der Waals surface area contributed by atoms with Crippen LogP contribution in [0, 0.1) is 0 Å². The van der Waals surface area contributed by atoms with Gasteiger partial charge in [0.1, 0.15) is 18.2 Å². The van der Waals surface area contributed by atoms with Gasteiger partial charge in [-0.2, -0.15) is 0 Å². The molecule has 0 aromatic heterocycles. The Morgan fingerprint density at radius 1 is 1.00 bits per heavy atom. The Balaban J connectivity index is 1.68. The van der Waals surface area contributed by atoms with Crippen LogP contribution in [0.2, 0.25) is 0 Å². The molecule has 2 aromatic carbocycles. The normalized spacial score (nSPS) is 16.5. The summed E-state index contributed by atoms with van der Waals surface area (Å²) in [5.74, 6) is -1.32. The molecule has 1 aliphatic heterocycles. The number of carbonyl (C=O) groups is 3. The summed E-state index contributed by atoms with van der Waals surface area (Å²) in [6, 6.07) is 15.9. The van der Waals surface area contributed by atoms with Crippen molar-refractivity contribution in [2.75, 3.05) is 0 Å². The van der Waals surface area contributed by atoms with E-state index in [1.165, 1.54) is 11.8 Å². The summed E-state index contributed by atoms with van der Waals surface area (Å²) < 4.78 is 16.2. The molecule has 0 spiro atoms. The third-order valence-electron chi connectivity index (χ3n) is 5.00. The van der Waals surface area contributed by atoms with Gasteiger partial charge in [-0.1, -0.05) is 54.6 Å². The van der Waals surface area contributed by atoms with Crippen LogP contribution in [0.15, 0.2) is 54.6 Å². The van der Waals surface area contributed by atoms with Crippen LogP contribution in [0.4, 0.5) is 4.79 Å². The number of rotatable bonds is 5. The van der Waals surface area contributed by atoms with Crippen LogP contribution in [-0.2, 0) is 43.4 Å². The highest BCUT2D eigenvalue weighted by molar-refractivity contribution is 5.85. The third kappa shape index (κ3) is 6.09. The topological polar surface area (TPSA) is 82.1 Å². The Labute approximate surface area is 188 Å². The lowest BCUT2D eigenvalue weighted by Gasteiger charge is -2.36. The largest absolute Gasteiger partial charge is 0.458 e. The Morgan fingerprint density at radius 2 is 1.62 bits per heavy atom. The molecule has 2 aromatic rings. The van der Waals surface area contributed by atoms with Gasteiger partial charge in [0.05, 0.1) is 6.54 Å². The van der Waals surface area contributed by atoms with Gasteiger partial charge in [0.25, 0.3) is 0 Å². The zero-order chi connectivity index (χ0) is 23.3. The highest BCUT2D eigenvalue weighted by Gasteiger charge is 2.39. The molecule has 0 N–H and O–H groups in total. The van der Waals surface area contributed by atoms with Gasteiger partial charge in [-0.25, -0.2) is 14.4 Å². The van der Waals surface area contributed by atoms with Crippen molar-refractivity contribution in [2.45, 2.75) is 65.0 Å². The number of carbonyl (C=O) groups excluding carboxylic acids is 3. The van der Waals surface area contributed by atoms with E-state index in [1.807, 2.05) is 54.6 Å². The Hall–Kier alpha value is -3.35. The fourth-order valence-electron chi connectivity index (χ4n) is 3.39. The van der Waals surface area contributed by atoms with Gasteiger partial charge in [-0.15, -0.1) is 0 Å². The van der Waals surface area contributed by atoms with E-state index in [9.17, 15) is 14.4 Å². The first-order valence-electron chi connectivity index (χ1n) is 10.6. The van der Waals surface area contributed by atoms with Gasteiger partial charge in [-0.3, -0.25) is 4.90 Å². The van der Waals surface area contributed by atoms with Gasteiger partial charge >= 0.3 is 18.0 Å². The van der Waals surface area contributed by atoms with Crippen LogP contribution in [-0.4, -0.2) is 40.7 Å². The number of benzene rings is 2. The molecule has 0 unspecified atom stereocenters. The van der Waals surface area contributed by atoms with Crippen molar-refractivity contribution in [1.82, 2.24) is 4.90 Å². The summed E-state index contributed by atoms with van der Waals surface area (Å²) in [4.78, 5) is 39.5. The summed E-state index contributed by atoms with van der Waals surface area (Å²) in [7, 11) is 0. The van der Waals surface area contributed by atoms with Crippen molar-refractivity contribution >= 4 is 18.0 Å². The van der Waals surface area contributed by atoms with E-state index in [0.29, 0.717) is 0 Å². The average Bonchev–Trinajstić information content (AvgIpc) is 2.76. The van der Waals surface area contributed by atoms with E-state index in [2.05, 4.69) is 0 Å². The van der Waals surface area contributed by atoms with Crippen LogP contribution in [0.3, 0.4) is 0 Å². The van der Waals surface area contributed by atoms with Crippen molar-refractivity contribution in [1.29, 1.82) is 0 Å². The van der Waals surface area contributed by atoms with Crippen molar-refractivity contribution in [3.63, 3.8) is 0 Å². The molecule has 0 aliphatic carbocycles. The molecule has 0 radical (unpaired) electrons. The number of amides is 1. The van der Waals surface area contributed by atoms with Gasteiger partial charge in [0.15, 0.2) is 6.10 Å². The molecule has 0 saturated carbocycles. The average molecular weight is 440 g/mol. The summed E-state index contributed by atoms with van der Waals surface area (Å²) in [6.45, 7) is 7.06. The first-order chi connectivity index (χ1) is 15.1. The van der Waals surface area contributed by atoms with E-state index in [-0.39, 0.29) is 19.6 Å². The minimum absolute atomic E-state index is 0.0857. The molecule has 32 heavy (non-hydrogen) atoms. The number of hydrogen-bond donors (Lipinski definition) is 0. The Kier molecular flexibility index (Phi) is 7.18. The first-order valence-corrected chi connectivity index (χ1v) is 10.6. The van der Waals surface area contributed by atoms with Gasteiger partial charge in [0, 0.05) is 6.42 Å². The number of ether oxygens (including phenoxy) is 3. The molecule has 0 bridgehead atoms. The quantitative estimate of drug-likeness (QED) is 0.517. The first kappa shape index (κ1) is 23.3. The molecular weight excluding hydrogens is 410 g/mol. The molecule has 1 aliphatic rings. The van der Waals surface area contributed by atoms with Crippen molar-refractivity contribution in [3.8, 4) is 0 Å². The number of nitrogens with zero attached hydrogens (tertiary/aromatic N) is 1. The molecule has 0 fully saturated rings. The van der Waals surface area contributed by atoms with E-state index in [1.54, 1.807) is 20.8 Å². The maximum atomic E-state index is 13.0. The summed E-state index contributed by atoms with van der Waals surface area (Å²) in [5.41, 5.74) is 2.02. The maximum absolute atomic E-state index is 13.0. The molecule has 7 nitrogen and oxygen atoms in total. The molecule has 1 heterocycles.